The second kappa shape index (κ2) is 13.1. The Morgan fingerprint density at radius 3 is 1.73 bits per heavy atom. The Kier molecular flexibility index (Phi) is 13.1. The Labute approximate surface area is 157 Å². The molecule has 0 N–H and O–H groups in total. The van der Waals surface area contributed by atoms with Gasteiger partial charge in [0.05, 0.1) is 12.9 Å². The minimum Gasteiger partial charge on any atom is -0.270 e. The number of halogens is 5. The molecule has 0 aliphatic rings. The van der Waals surface area contributed by atoms with E-state index in [1.807, 2.05) is 0 Å². The van der Waals surface area contributed by atoms with Crippen molar-refractivity contribution in [2.24, 2.45) is 0 Å². The summed E-state index contributed by atoms with van der Waals surface area (Å²) in [4.78, 5) is 0. The van der Waals surface area contributed by atoms with Gasteiger partial charge >= 0.3 is 12.1 Å². The van der Waals surface area contributed by atoms with Gasteiger partial charge in [0.2, 0.25) is 0 Å². The number of rotatable bonds is 16. The standard InChI is InChI=1S/C16H29F5O3S2/c1-26(22,23)24-12-8-6-4-2-3-5-7-9-13-25-14-10-11-15(17,18)16(19,20)21/h2-14H2,1H3. The van der Waals surface area contributed by atoms with E-state index in [1.54, 1.807) is 0 Å². The third-order valence-electron chi connectivity index (χ3n) is 3.67. The van der Waals surface area contributed by atoms with Gasteiger partial charge in [0.1, 0.15) is 0 Å². The van der Waals surface area contributed by atoms with Crippen LogP contribution in [-0.4, -0.2) is 44.9 Å². The fraction of sp³-hybridized carbons (Fsp3) is 1.00. The van der Waals surface area contributed by atoms with Crippen molar-refractivity contribution >= 4 is 21.9 Å². The molecule has 0 spiro atoms. The first-order chi connectivity index (χ1) is 12.0. The van der Waals surface area contributed by atoms with E-state index < -0.39 is 28.6 Å². The zero-order valence-corrected chi connectivity index (χ0v) is 16.8. The highest BCUT2D eigenvalue weighted by Crippen LogP contribution is 2.39. The predicted octanol–water partition coefficient (Wildman–Crippen LogP) is 5.79. The second-order valence-electron chi connectivity index (χ2n) is 6.27. The lowest BCUT2D eigenvalue weighted by Gasteiger charge is -2.19. The lowest BCUT2D eigenvalue weighted by molar-refractivity contribution is -0.284. The van der Waals surface area contributed by atoms with Crippen LogP contribution < -0.4 is 0 Å². The molecule has 0 amide bonds. The molecule has 0 heterocycles. The van der Waals surface area contributed by atoms with Crippen LogP contribution in [0.5, 0.6) is 0 Å². The summed E-state index contributed by atoms with van der Waals surface area (Å²) in [5.74, 6) is -3.48. The van der Waals surface area contributed by atoms with Gasteiger partial charge in [-0.15, -0.1) is 0 Å². The number of hydrogen-bond acceptors (Lipinski definition) is 4. The molecule has 0 aromatic rings. The van der Waals surface area contributed by atoms with E-state index >= 15 is 0 Å². The molecule has 158 valence electrons. The zero-order chi connectivity index (χ0) is 20.1. The molecule has 0 saturated carbocycles. The topological polar surface area (TPSA) is 43.4 Å². The van der Waals surface area contributed by atoms with Crippen LogP contribution in [0.2, 0.25) is 0 Å². The Hall–Kier alpha value is -0.0900. The summed E-state index contributed by atoms with van der Waals surface area (Å²) in [5, 5.41) is 0. The average molecular weight is 429 g/mol. The predicted molar refractivity (Wildman–Crippen MR) is 95.3 cm³/mol. The molecule has 0 bridgehead atoms. The Morgan fingerprint density at radius 1 is 0.769 bits per heavy atom. The molecule has 26 heavy (non-hydrogen) atoms. The number of unbranched alkanes of at least 4 members (excludes halogenated alkanes) is 7. The van der Waals surface area contributed by atoms with Crippen LogP contribution in [0.25, 0.3) is 0 Å². The minimum absolute atomic E-state index is 0.139. The number of hydrogen-bond donors (Lipinski definition) is 0. The normalized spacial score (nSPS) is 13.3. The van der Waals surface area contributed by atoms with Gasteiger partial charge in [-0.2, -0.15) is 42.1 Å². The van der Waals surface area contributed by atoms with Crippen molar-refractivity contribution in [3.8, 4) is 0 Å². The Bertz CT molecular complexity index is 453. The third-order valence-corrected chi connectivity index (χ3v) is 5.42. The summed E-state index contributed by atoms with van der Waals surface area (Å²) in [6.07, 6.45) is 2.13. The van der Waals surface area contributed by atoms with E-state index in [9.17, 15) is 30.4 Å². The van der Waals surface area contributed by atoms with E-state index in [0.29, 0.717) is 5.75 Å². The van der Waals surface area contributed by atoms with Gasteiger partial charge in [-0.25, -0.2) is 0 Å². The smallest absolute Gasteiger partial charge is 0.270 e. The van der Waals surface area contributed by atoms with Crippen LogP contribution in [0.3, 0.4) is 0 Å². The first-order valence-electron chi connectivity index (χ1n) is 8.82. The molecule has 0 atom stereocenters. The molecule has 0 fully saturated rings. The number of thioether (sulfide) groups is 1. The Morgan fingerprint density at radius 2 is 1.23 bits per heavy atom. The van der Waals surface area contributed by atoms with Crippen molar-refractivity contribution < 1.29 is 34.6 Å². The highest BCUT2D eigenvalue weighted by molar-refractivity contribution is 7.99. The van der Waals surface area contributed by atoms with E-state index in [1.165, 1.54) is 11.8 Å². The SMILES string of the molecule is CS(=O)(=O)OCCCCCCCCCCSCCCC(F)(F)C(F)(F)F. The van der Waals surface area contributed by atoms with Crippen LogP contribution in [0.4, 0.5) is 22.0 Å². The van der Waals surface area contributed by atoms with Crippen molar-refractivity contribution in [1.29, 1.82) is 0 Å². The summed E-state index contributed by atoms with van der Waals surface area (Å²) >= 11 is 1.42. The fourth-order valence-electron chi connectivity index (χ4n) is 2.22. The van der Waals surface area contributed by atoms with E-state index in [-0.39, 0.29) is 13.0 Å². The maximum Gasteiger partial charge on any atom is 0.453 e. The summed E-state index contributed by atoms with van der Waals surface area (Å²) in [5.41, 5.74) is 0. The highest BCUT2D eigenvalue weighted by atomic mass is 32.2. The van der Waals surface area contributed by atoms with Crippen LogP contribution in [0, 0.1) is 0 Å². The van der Waals surface area contributed by atoms with Crippen LogP contribution >= 0.6 is 11.8 Å². The molecule has 10 heteroatoms. The molecule has 0 radical (unpaired) electrons. The maximum atomic E-state index is 12.7. The van der Waals surface area contributed by atoms with Gasteiger partial charge < -0.3 is 0 Å². The molecular weight excluding hydrogens is 399 g/mol. The molecule has 0 rings (SSSR count). The quantitative estimate of drug-likeness (QED) is 0.177. The first-order valence-corrected chi connectivity index (χ1v) is 11.8. The summed E-state index contributed by atoms with van der Waals surface area (Å²) in [6, 6.07) is 0. The molecule has 0 aromatic carbocycles. The van der Waals surface area contributed by atoms with Gasteiger partial charge in [-0.1, -0.05) is 38.5 Å². The summed E-state index contributed by atoms with van der Waals surface area (Å²) in [7, 11) is -3.34. The molecule has 0 aliphatic carbocycles. The molecule has 0 unspecified atom stereocenters. The van der Waals surface area contributed by atoms with E-state index in [2.05, 4.69) is 4.18 Å². The molecule has 0 aliphatic heterocycles. The molecule has 0 saturated heterocycles. The molecule has 3 nitrogen and oxygen atoms in total. The van der Waals surface area contributed by atoms with Gasteiger partial charge in [0.25, 0.3) is 10.1 Å². The maximum absolute atomic E-state index is 12.7. The van der Waals surface area contributed by atoms with Crippen LogP contribution in [0.15, 0.2) is 0 Å². The van der Waals surface area contributed by atoms with Crippen molar-refractivity contribution in [1.82, 2.24) is 0 Å². The van der Waals surface area contributed by atoms with Crippen LogP contribution in [0.1, 0.15) is 64.2 Å². The third kappa shape index (κ3) is 15.0. The molecular formula is C16H29F5O3S2. The van der Waals surface area contributed by atoms with Crippen molar-refractivity contribution in [3.05, 3.63) is 0 Å². The monoisotopic (exact) mass is 428 g/mol. The Balaban J connectivity index is 3.30. The lowest BCUT2D eigenvalue weighted by atomic mass is 10.1. The van der Waals surface area contributed by atoms with E-state index in [4.69, 9.17) is 0 Å². The second-order valence-corrected chi connectivity index (χ2v) is 9.14. The average Bonchev–Trinajstić information content (AvgIpc) is 2.48. The van der Waals surface area contributed by atoms with E-state index in [0.717, 1.165) is 63.4 Å². The fourth-order valence-corrected chi connectivity index (χ4v) is 3.60. The van der Waals surface area contributed by atoms with Crippen molar-refractivity contribution in [3.63, 3.8) is 0 Å². The van der Waals surface area contributed by atoms with Crippen molar-refractivity contribution in [2.45, 2.75) is 76.3 Å². The molecule has 0 aromatic heterocycles. The first kappa shape index (κ1) is 25.9. The van der Waals surface area contributed by atoms with Crippen molar-refractivity contribution in [2.75, 3.05) is 24.4 Å². The largest absolute Gasteiger partial charge is 0.453 e. The summed E-state index contributed by atoms with van der Waals surface area (Å²) < 4.78 is 87.3. The summed E-state index contributed by atoms with van der Waals surface area (Å²) in [6.45, 7) is 0.227. The highest BCUT2D eigenvalue weighted by Gasteiger charge is 2.56. The number of alkyl halides is 5. The minimum atomic E-state index is -5.45. The van der Waals surface area contributed by atoms with Crippen LogP contribution in [-0.2, 0) is 14.3 Å². The van der Waals surface area contributed by atoms with Gasteiger partial charge in [0, 0.05) is 6.42 Å². The van der Waals surface area contributed by atoms with Gasteiger partial charge in [-0.3, -0.25) is 4.18 Å². The lowest BCUT2D eigenvalue weighted by Crippen LogP contribution is -2.36. The zero-order valence-electron chi connectivity index (χ0n) is 15.1. The van der Waals surface area contributed by atoms with Gasteiger partial charge in [-0.05, 0) is 30.8 Å². The van der Waals surface area contributed by atoms with Gasteiger partial charge in [0.15, 0.2) is 0 Å².